The highest BCUT2D eigenvalue weighted by molar-refractivity contribution is 5.81. The minimum Gasteiger partial charge on any atom is -0.429 e. The average molecular weight is 387 g/mol. The Kier molecular flexibility index (Phi) is 7.21. The molecule has 9 nitrogen and oxygen atoms in total. The van der Waals surface area contributed by atoms with Crippen LogP contribution in [0.15, 0.2) is 48.5 Å². The summed E-state index contributed by atoms with van der Waals surface area (Å²) in [4.78, 5) is 44.1. The van der Waals surface area contributed by atoms with Crippen LogP contribution in [0.4, 0.5) is 10.5 Å². The molecule has 0 saturated carbocycles. The van der Waals surface area contributed by atoms with Gasteiger partial charge in [0.1, 0.15) is 23.9 Å². The SMILES string of the molecule is CC(=O)CCC(=O)Oc1ccc(COC(=O)Oc2ccc([N+](=O)[O-])cc2)cc1. The number of nitro groups is 1. The number of benzene rings is 2. The first-order valence-corrected chi connectivity index (χ1v) is 8.21. The molecule has 0 atom stereocenters. The highest BCUT2D eigenvalue weighted by Gasteiger charge is 2.10. The molecule has 2 aromatic rings. The van der Waals surface area contributed by atoms with Gasteiger partial charge < -0.3 is 19.0 Å². The highest BCUT2D eigenvalue weighted by Crippen LogP contribution is 2.18. The molecule has 0 N–H and O–H groups in total. The number of nitro benzene ring substituents is 1. The van der Waals surface area contributed by atoms with Crippen LogP contribution in [0.1, 0.15) is 25.3 Å². The Balaban J connectivity index is 1.79. The molecule has 0 spiro atoms. The van der Waals surface area contributed by atoms with Gasteiger partial charge in [0, 0.05) is 18.6 Å². The van der Waals surface area contributed by atoms with E-state index in [1.165, 1.54) is 43.3 Å². The van der Waals surface area contributed by atoms with Crippen molar-refractivity contribution in [2.45, 2.75) is 26.4 Å². The molecule has 0 aromatic heterocycles. The average Bonchev–Trinajstić information content (AvgIpc) is 2.66. The van der Waals surface area contributed by atoms with Crippen molar-refractivity contribution < 1.29 is 33.5 Å². The Labute approximate surface area is 160 Å². The number of ketones is 1. The van der Waals surface area contributed by atoms with E-state index in [0.29, 0.717) is 11.3 Å². The Hall–Kier alpha value is -3.75. The van der Waals surface area contributed by atoms with Gasteiger partial charge in [0.2, 0.25) is 0 Å². The quantitative estimate of drug-likeness (QED) is 0.221. The number of non-ortho nitro benzene ring substituents is 1. The fraction of sp³-hybridized carbons (Fsp3) is 0.211. The summed E-state index contributed by atoms with van der Waals surface area (Å²) in [6.07, 6.45) is -0.829. The number of Topliss-reactive ketones (excluding diaryl/α,β-unsaturated/α-hetero) is 1. The number of hydrogen-bond donors (Lipinski definition) is 0. The molecular weight excluding hydrogens is 370 g/mol. The molecule has 0 fully saturated rings. The number of carbonyl (C=O) groups excluding carboxylic acids is 3. The van der Waals surface area contributed by atoms with Gasteiger partial charge in [-0.25, -0.2) is 4.79 Å². The Morgan fingerprint density at radius 2 is 1.46 bits per heavy atom. The summed E-state index contributed by atoms with van der Waals surface area (Å²) in [5.41, 5.74) is 0.506. The van der Waals surface area contributed by atoms with Gasteiger partial charge in [-0.2, -0.15) is 0 Å². The summed E-state index contributed by atoms with van der Waals surface area (Å²) in [5, 5.41) is 10.6. The molecule has 2 aromatic carbocycles. The summed E-state index contributed by atoms with van der Waals surface area (Å²) in [6.45, 7) is 1.32. The van der Waals surface area contributed by atoms with E-state index in [1.807, 2.05) is 0 Å². The molecule has 0 saturated heterocycles. The Bertz CT molecular complexity index is 859. The van der Waals surface area contributed by atoms with Crippen molar-refractivity contribution in [3.8, 4) is 11.5 Å². The van der Waals surface area contributed by atoms with Gasteiger partial charge in [-0.1, -0.05) is 12.1 Å². The second kappa shape index (κ2) is 9.81. The van der Waals surface area contributed by atoms with Crippen molar-refractivity contribution >= 4 is 23.6 Å². The summed E-state index contributed by atoms with van der Waals surface area (Å²) < 4.78 is 14.9. The maximum atomic E-state index is 11.7. The third-order valence-corrected chi connectivity index (χ3v) is 3.44. The maximum Gasteiger partial charge on any atom is 0.514 e. The molecule has 0 radical (unpaired) electrons. The monoisotopic (exact) mass is 387 g/mol. The van der Waals surface area contributed by atoms with Gasteiger partial charge in [0.15, 0.2) is 0 Å². The standard InChI is InChI=1S/C19H17NO8/c1-13(21)2-11-18(22)27-16-7-3-14(4-8-16)12-26-19(23)28-17-9-5-15(6-10-17)20(24)25/h3-10H,2,11-12H2,1H3. The smallest absolute Gasteiger partial charge is 0.429 e. The van der Waals surface area contributed by atoms with Crippen LogP contribution in [-0.4, -0.2) is 22.8 Å². The largest absolute Gasteiger partial charge is 0.514 e. The fourth-order valence-corrected chi connectivity index (χ4v) is 2.02. The first-order valence-electron chi connectivity index (χ1n) is 8.21. The van der Waals surface area contributed by atoms with E-state index in [0.717, 1.165) is 0 Å². The lowest BCUT2D eigenvalue weighted by Crippen LogP contribution is -2.11. The number of rotatable bonds is 8. The van der Waals surface area contributed by atoms with Crippen molar-refractivity contribution in [3.63, 3.8) is 0 Å². The molecular formula is C19H17NO8. The second-order valence-corrected chi connectivity index (χ2v) is 5.71. The van der Waals surface area contributed by atoms with Crippen molar-refractivity contribution in [1.82, 2.24) is 0 Å². The minimum atomic E-state index is -0.964. The molecule has 0 amide bonds. The number of ether oxygens (including phenoxy) is 3. The number of nitrogens with zero attached hydrogens (tertiary/aromatic N) is 1. The molecule has 0 aliphatic carbocycles. The van der Waals surface area contributed by atoms with Crippen LogP contribution in [-0.2, 0) is 20.9 Å². The van der Waals surface area contributed by atoms with E-state index >= 15 is 0 Å². The molecule has 0 aliphatic heterocycles. The van der Waals surface area contributed by atoms with Gasteiger partial charge in [-0.05, 0) is 36.8 Å². The minimum absolute atomic E-state index is 0.00861. The van der Waals surface area contributed by atoms with Crippen LogP contribution >= 0.6 is 0 Å². The van der Waals surface area contributed by atoms with E-state index < -0.39 is 17.0 Å². The van der Waals surface area contributed by atoms with Crippen LogP contribution in [0.25, 0.3) is 0 Å². The molecule has 0 aliphatic rings. The first-order chi connectivity index (χ1) is 13.3. The Morgan fingerprint density at radius 1 is 0.893 bits per heavy atom. The molecule has 0 bridgehead atoms. The summed E-state index contributed by atoms with van der Waals surface area (Å²) >= 11 is 0. The van der Waals surface area contributed by atoms with Crippen LogP contribution in [0.2, 0.25) is 0 Å². The van der Waals surface area contributed by atoms with E-state index in [2.05, 4.69) is 0 Å². The Morgan fingerprint density at radius 3 is 2.04 bits per heavy atom. The van der Waals surface area contributed by atoms with Crippen molar-refractivity contribution in [2.75, 3.05) is 0 Å². The molecule has 146 valence electrons. The van der Waals surface area contributed by atoms with E-state index in [1.54, 1.807) is 12.1 Å². The summed E-state index contributed by atoms with van der Waals surface area (Å²) in [7, 11) is 0. The fourth-order valence-electron chi connectivity index (χ4n) is 2.02. The van der Waals surface area contributed by atoms with Gasteiger partial charge in [-0.15, -0.1) is 0 Å². The summed E-state index contributed by atoms with van der Waals surface area (Å²) in [5.74, 6) is -0.176. The number of hydrogen-bond acceptors (Lipinski definition) is 8. The van der Waals surface area contributed by atoms with Crippen LogP contribution < -0.4 is 9.47 Å². The lowest BCUT2D eigenvalue weighted by Gasteiger charge is -2.07. The number of carbonyl (C=O) groups is 3. The van der Waals surface area contributed by atoms with E-state index in [4.69, 9.17) is 14.2 Å². The van der Waals surface area contributed by atoms with Crippen molar-refractivity contribution in [3.05, 3.63) is 64.2 Å². The van der Waals surface area contributed by atoms with Gasteiger partial charge in [-0.3, -0.25) is 14.9 Å². The van der Waals surface area contributed by atoms with Gasteiger partial charge >= 0.3 is 12.1 Å². The first kappa shape index (κ1) is 20.6. The second-order valence-electron chi connectivity index (χ2n) is 5.71. The maximum absolute atomic E-state index is 11.7. The molecule has 9 heteroatoms. The third-order valence-electron chi connectivity index (χ3n) is 3.44. The van der Waals surface area contributed by atoms with Crippen LogP contribution in [0.5, 0.6) is 11.5 Å². The lowest BCUT2D eigenvalue weighted by atomic mass is 10.2. The van der Waals surface area contributed by atoms with E-state index in [9.17, 15) is 24.5 Å². The highest BCUT2D eigenvalue weighted by atomic mass is 16.7. The normalized spacial score (nSPS) is 10.0. The van der Waals surface area contributed by atoms with Gasteiger partial charge in [0.05, 0.1) is 11.3 Å². The zero-order valence-electron chi connectivity index (χ0n) is 15.0. The molecule has 0 heterocycles. The van der Waals surface area contributed by atoms with E-state index in [-0.39, 0.29) is 36.7 Å². The lowest BCUT2D eigenvalue weighted by molar-refractivity contribution is -0.384. The topological polar surface area (TPSA) is 122 Å². The van der Waals surface area contributed by atoms with Crippen LogP contribution in [0.3, 0.4) is 0 Å². The van der Waals surface area contributed by atoms with Crippen molar-refractivity contribution in [1.29, 1.82) is 0 Å². The molecule has 28 heavy (non-hydrogen) atoms. The zero-order valence-corrected chi connectivity index (χ0v) is 15.0. The third kappa shape index (κ3) is 6.87. The predicted molar refractivity (Wildman–Crippen MR) is 95.9 cm³/mol. The van der Waals surface area contributed by atoms with Crippen molar-refractivity contribution in [2.24, 2.45) is 0 Å². The molecule has 2 rings (SSSR count). The predicted octanol–water partition coefficient (Wildman–Crippen LogP) is 3.59. The summed E-state index contributed by atoms with van der Waals surface area (Å²) in [6, 6.07) is 11.3. The van der Waals surface area contributed by atoms with Crippen LogP contribution in [0, 0.1) is 10.1 Å². The van der Waals surface area contributed by atoms with Gasteiger partial charge in [0.25, 0.3) is 5.69 Å². The number of esters is 1. The zero-order chi connectivity index (χ0) is 20.5. The molecule has 0 unspecified atom stereocenters.